The summed E-state index contributed by atoms with van der Waals surface area (Å²) in [6, 6.07) is 7.08. The molecule has 2 atom stereocenters. The van der Waals surface area contributed by atoms with Gasteiger partial charge in [0.05, 0.1) is 12.0 Å². The fraction of sp³-hybridized carbons (Fsp3) is 0.412. The molecule has 2 unspecified atom stereocenters. The molecule has 0 aliphatic heterocycles. The minimum Gasteiger partial charge on any atom is -0.481 e. The van der Waals surface area contributed by atoms with E-state index in [-0.39, 0.29) is 18.6 Å². The van der Waals surface area contributed by atoms with Crippen LogP contribution >= 0.6 is 0 Å². The lowest BCUT2D eigenvalue weighted by Gasteiger charge is -2.22. The first-order chi connectivity index (χ1) is 10.8. The molecule has 2 aromatic rings. The van der Waals surface area contributed by atoms with Crippen molar-refractivity contribution in [2.45, 2.75) is 26.8 Å². The first kappa shape index (κ1) is 16.9. The Morgan fingerprint density at radius 1 is 1.30 bits per heavy atom. The number of amides is 2. The average molecular weight is 318 g/mol. The van der Waals surface area contributed by atoms with E-state index >= 15 is 0 Å². The van der Waals surface area contributed by atoms with Crippen molar-refractivity contribution in [1.29, 1.82) is 0 Å². The van der Waals surface area contributed by atoms with Gasteiger partial charge in [-0.3, -0.25) is 4.79 Å². The summed E-state index contributed by atoms with van der Waals surface area (Å²) in [7, 11) is 1.58. The number of carbonyl (C=O) groups is 2. The third-order valence-electron chi connectivity index (χ3n) is 3.93. The predicted molar refractivity (Wildman–Crippen MR) is 87.3 cm³/mol. The molecule has 1 heterocycles. The van der Waals surface area contributed by atoms with Gasteiger partial charge in [-0.15, -0.1) is 0 Å². The highest BCUT2D eigenvalue weighted by Crippen LogP contribution is 2.29. The van der Waals surface area contributed by atoms with Crippen LogP contribution in [0.1, 0.15) is 31.2 Å². The molecule has 23 heavy (non-hydrogen) atoms. The van der Waals surface area contributed by atoms with Gasteiger partial charge >= 0.3 is 12.0 Å². The van der Waals surface area contributed by atoms with Crippen LogP contribution in [0.5, 0.6) is 0 Å². The number of fused-ring (bicyclic) bond motifs is 1. The highest BCUT2D eigenvalue weighted by molar-refractivity contribution is 5.82. The van der Waals surface area contributed by atoms with Gasteiger partial charge in [0.1, 0.15) is 11.3 Å². The summed E-state index contributed by atoms with van der Waals surface area (Å²) in [6.45, 7) is 5.52. The van der Waals surface area contributed by atoms with Crippen molar-refractivity contribution in [3.05, 3.63) is 35.6 Å². The molecule has 0 fully saturated rings. The summed E-state index contributed by atoms with van der Waals surface area (Å²) in [5.74, 6) is -0.834. The Morgan fingerprint density at radius 3 is 2.57 bits per heavy atom. The maximum absolute atomic E-state index is 12.2. The minimum atomic E-state index is -0.925. The molecule has 0 radical (unpaired) electrons. The van der Waals surface area contributed by atoms with Gasteiger partial charge in [0, 0.05) is 24.5 Å². The number of carbonyl (C=O) groups excluding carboxylic acids is 1. The predicted octanol–water partition coefficient (Wildman–Crippen LogP) is 3.16. The van der Waals surface area contributed by atoms with Gasteiger partial charge in [-0.1, -0.05) is 25.1 Å². The highest BCUT2D eigenvalue weighted by Gasteiger charge is 2.22. The molecule has 0 aliphatic rings. The average Bonchev–Trinajstić information content (AvgIpc) is 2.84. The van der Waals surface area contributed by atoms with E-state index in [1.165, 1.54) is 4.90 Å². The smallest absolute Gasteiger partial charge is 0.317 e. The zero-order valence-electron chi connectivity index (χ0n) is 13.8. The Kier molecular flexibility index (Phi) is 4.93. The summed E-state index contributed by atoms with van der Waals surface area (Å²) in [6.07, 6.45) is 0. The van der Waals surface area contributed by atoms with E-state index in [2.05, 4.69) is 5.32 Å². The van der Waals surface area contributed by atoms with Crippen molar-refractivity contribution in [2.75, 3.05) is 13.6 Å². The number of aliphatic carboxylic acids is 1. The normalized spacial score (nSPS) is 13.6. The Hall–Kier alpha value is -2.50. The highest BCUT2D eigenvalue weighted by atomic mass is 16.4. The third-order valence-corrected chi connectivity index (χ3v) is 3.93. The molecule has 6 heteroatoms. The lowest BCUT2D eigenvalue weighted by Crippen LogP contribution is -2.41. The molecule has 2 amide bonds. The van der Waals surface area contributed by atoms with Crippen molar-refractivity contribution >= 4 is 23.0 Å². The van der Waals surface area contributed by atoms with Crippen molar-refractivity contribution in [3.63, 3.8) is 0 Å². The van der Waals surface area contributed by atoms with Crippen LogP contribution in [-0.4, -0.2) is 35.6 Å². The van der Waals surface area contributed by atoms with Gasteiger partial charge in [-0.25, -0.2) is 4.79 Å². The number of carboxylic acids is 1. The van der Waals surface area contributed by atoms with Gasteiger partial charge < -0.3 is 19.7 Å². The summed E-state index contributed by atoms with van der Waals surface area (Å²) < 4.78 is 5.83. The van der Waals surface area contributed by atoms with Gasteiger partial charge in [-0.05, 0) is 19.9 Å². The van der Waals surface area contributed by atoms with Gasteiger partial charge in [0.2, 0.25) is 0 Å². The maximum Gasteiger partial charge on any atom is 0.317 e. The minimum absolute atomic E-state index is 0.146. The van der Waals surface area contributed by atoms with E-state index in [0.29, 0.717) is 5.76 Å². The van der Waals surface area contributed by atoms with Gasteiger partial charge in [0.15, 0.2) is 0 Å². The van der Waals surface area contributed by atoms with Crippen LogP contribution in [0, 0.1) is 12.8 Å². The molecular weight excluding hydrogens is 296 g/mol. The van der Waals surface area contributed by atoms with Crippen molar-refractivity contribution < 1.29 is 19.1 Å². The van der Waals surface area contributed by atoms with Crippen LogP contribution in [-0.2, 0) is 4.79 Å². The van der Waals surface area contributed by atoms with Crippen LogP contribution in [0.25, 0.3) is 11.0 Å². The molecule has 0 spiro atoms. The first-order valence-electron chi connectivity index (χ1n) is 7.53. The number of rotatable bonds is 5. The molecular formula is C17H22N2O4. The number of urea groups is 1. The molecule has 0 saturated heterocycles. The zero-order valence-corrected chi connectivity index (χ0v) is 13.8. The largest absolute Gasteiger partial charge is 0.481 e. The van der Waals surface area contributed by atoms with Crippen LogP contribution < -0.4 is 5.32 Å². The number of nitrogens with zero attached hydrogens (tertiary/aromatic N) is 1. The standard InChI is InChI=1S/C17H22N2O4/c1-10(16(20)21)9-19(4)17(22)18-12(3)15-11(2)13-7-5-6-8-14(13)23-15/h5-8,10,12H,9H2,1-4H3,(H,18,22)(H,20,21). The van der Waals surface area contributed by atoms with E-state index in [9.17, 15) is 9.59 Å². The van der Waals surface area contributed by atoms with E-state index in [0.717, 1.165) is 16.5 Å². The summed E-state index contributed by atoms with van der Waals surface area (Å²) in [4.78, 5) is 24.4. The SMILES string of the molecule is Cc1c(C(C)NC(=O)N(C)CC(C)C(=O)O)oc2ccccc12. The number of hydrogen-bond acceptors (Lipinski definition) is 3. The second-order valence-corrected chi connectivity index (χ2v) is 5.88. The molecule has 0 aliphatic carbocycles. The van der Waals surface area contributed by atoms with Crippen LogP contribution in [0.2, 0.25) is 0 Å². The van der Waals surface area contributed by atoms with Crippen LogP contribution in [0.3, 0.4) is 0 Å². The number of nitrogens with one attached hydrogen (secondary N) is 1. The molecule has 124 valence electrons. The van der Waals surface area contributed by atoms with Gasteiger partial charge in [-0.2, -0.15) is 0 Å². The second kappa shape index (κ2) is 6.73. The number of aryl methyl sites for hydroxylation is 1. The number of furan rings is 1. The van der Waals surface area contributed by atoms with E-state index < -0.39 is 11.9 Å². The zero-order chi connectivity index (χ0) is 17.1. The maximum atomic E-state index is 12.2. The van der Waals surface area contributed by atoms with Gasteiger partial charge in [0.25, 0.3) is 0 Å². The first-order valence-corrected chi connectivity index (χ1v) is 7.53. The quantitative estimate of drug-likeness (QED) is 0.887. The van der Waals surface area contributed by atoms with Crippen LogP contribution in [0.4, 0.5) is 4.79 Å². The number of carboxylic acid groups (broad SMARTS) is 1. The fourth-order valence-corrected chi connectivity index (χ4v) is 2.54. The Morgan fingerprint density at radius 2 is 1.96 bits per heavy atom. The molecule has 1 aromatic carbocycles. The van der Waals surface area contributed by atoms with Crippen LogP contribution in [0.15, 0.2) is 28.7 Å². The Balaban J connectivity index is 2.08. The Bertz CT molecular complexity index is 722. The molecule has 2 rings (SSSR count). The summed E-state index contributed by atoms with van der Waals surface area (Å²) >= 11 is 0. The molecule has 2 N–H and O–H groups in total. The Labute approximate surface area is 135 Å². The lowest BCUT2D eigenvalue weighted by atomic mass is 10.1. The molecule has 6 nitrogen and oxygen atoms in total. The summed E-state index contributed by atoms with van der Waals surface area (Å²) in [5.41, 5.74) is 1.78. The monoisotopic (exact) mass is 318 g/mol. The van der Waals surface area contributed by atoms with E-state index in [1.54, 1.807) is 14.0 Å². The number of benzene rings is 1. The lowest BCUT2D eigenvalue weighted by molar-refractivity contribution is -0.141. The van der Waals surface area contributed by atoms with Crippen molar-refractivity contribution in [3.8, 4) is 0 Å². The topological polar surface area (TPSA) is 82.8 Å². The van der Waals surface area contributed by atoms with Crippen molar-refractivity contribution in [1.82, 2.24) is 10.2 Å². The fourth-order valence-electron chi connectivity index (χ4n) is 2.54. The second-order valence-electron chi connectivity index (χ2n) is 5.88. The molecule has 0 bridgehead atoms. The van der Waals surface area contributed by atoms with Crippen molar-refractivity contribution in [2.24, 2.45) is 5.92 Å². The molecule has 0 saturated carbocycles. The third kappa shape index (κ3) is 3.64. The van der Waals surface area contributed by atoms with E-state index in [1.807, 2.05) is 38.1 Å². The number of hydrogen-bond donors (Lipinski definition) is 2. The number of para-hydroxylation sites is 1. The summed E-state index contributed by atoms with van der Waals surface area (Å²) in [5, 5.41) is 12.8. The molecule has 1 aromatic heterocycles. The van der Waals surface area contributed by atoms with E-state index in [4.69, 9.17) is 9.52 Å².